The molecule has 2 heteroatoms. The van der Waals surface area contributed by atoms with Crippen molar-refractivity contribution in [2.45, 2.75) is 33.0 Å². The summed E-state index contributed by atoms with van der Waals surface area (Å²) in [4.78, 5) is 0. The van der Waals surface area contributed by atoms with E-state index in [0.29, 0.717) is 6.61 Å². The molecular weight excluding hydrogens is 236 g/mol. The van der Waals surface area contributed by atoms with Gasteiger partial charge in [-0.3, -0.25) is 0 Å². The summed E-state index contributed by atoms with van der Waals surface area (Å²) < 4.78 is 11.7. The van der Waals surface area contributed by atoms with E-state index in [9.17, 15) is 0 Å². The summed E-state index contributed by atoms with van der Waals surface area (Å²) >= 11 is 0. The first-order chi connectivity index (χ1) is 9.04. The molecule has 0 radical (unpaired) electrons. The highest BCUT2D eigenvalue weighted by molar-refractivity contribution is 5.37. The van der Waals surface area contributed by atoms with Crippen LogP contribution in [-0.4, -0.2) is 5.60 Å². The normalized spacial score (nSPS) is 11.3. The van der Waals surface area contributed by atoms with Crippen molar-refractivity contribution in [3.63, 3.8) is 0 Å². The average Bonchev–Trinajstić information content (AvgIpc) is 2.38. The Bertz CT molecular complexity index is 512. The van der Waals surface area contributed by atoms with Crippen molar-refractivity contribution in [3.8, 4) is 11.5 Å². The fourth-order valence-corrected chi connectivity index (χ4v) is 1.63. The van der Waals surface area contributed by atoms with Gasteiger partial charge in [0.2, 0.25) is 0 Å². The van der Waals surface area contributed by atoms with Gasteiger partial charge >= 0.3 is 0 Å². The van der Waals surface area contributed by atoms with Gasteiger partial charge in [-0.15, -0.1) is 0 Å². The number of rotatable bonds is 4. The number of hydrogen-bond acceptors (Lipinski definition) is 2. The first-order valence-electron chi connectivity index (χ1n) is 6.49. The Kier molecular flexibility index (Phi) is 4.23. The van der Waals surface area contributed by atoms with Crippen LogP contribution in [-0.2, 0) is 11.3 Å². The molecule has 0 saturated heterocycles. The summed E-state index contributed by atoms with van der Waals surface area (Å²) in [6.07, 6.45) is 0. The Morgan fingerprint density at radius 3 is 2.16 bits per heavy atom. The molecule has 2 aromatic rings. The topological polar surface area (TPSA) is 18.5 Å². The predicted molar refractivity (Wildman–Crippen MR) is 77.5 cm³/mol. The van der Waals surface area contributed by atoms with Crippen molar-refractivity contribution in [2.24, 2.45) is 0 Å². The largest absolute Gasteiger partial charge is 0.457 e. The Balaban J connectivity index is 2.12. The summed E-state index contributed by atoms with van der Waals surface area (Å²) in [6, 6.07) is 17.8. The lowest BCUT2D eigenvalue weighted by Crippen LogP contribution is -2.18. The summed E-state index contributed by atoms with van der Waals surface area (Å²) in [7, 11) is 0. The highest BCUT2D eigenvalue weighted by Gasteiger charge is 2.12. The second-order valence-corrected chi connectivity index (χ2v) is 5.42. The molecule has 0 spiro atoms. The van der Waals surface area contributed by atoms with Gasteiger partial charge in [-0.1, -0.05) is 36.4 Å². The molecule has 0 amide bonds. The SMILES string of the molecule is CC(C)(C)OCc1ccccc1Oc1ccccc1. The zero-order valence-electron chi connectivity index (χ0n) is 11.7. The third-order valence-corrected chi connectivity index (χ3v) is 2.60. The molecule has 0 atom stereocenters. The predicted octanol–water partition coefficient (Wildman–Crippen LogP) is 4.79. The molecule has 2 aromatic carbocycles. The molecule has 2 rings (SSSR count). The van der Waals surface area contributed by atoms with Crippen molar-refractivity contribution in [1.82, 2.24) is 0 Å². The van der Waals surface area contributed by atoms with Crippen LogP contribution >= 0.6 is 0 Å². The van der Waals surface area contributed by atoms with E-state index >= 15 is 0 Å². The van der Waals surface area contributed by atoms with Crippen LogP contribution in [0, 0.1) is 0 Å². The van der Waals surface area contributed by atoms with Gasteiger partial charge in [-0.05, 0) is 39.0 Å². The molecule has 0 heterocycles. The highest BCUT2D eigenvalue weighted by Crippen LogP contribution is 2.26. The molecular formula is C17H20O2. The zero-order valence-corrected chi connectivity index (χ0v) is 11.7. The minimum Gasteiger partial charge on any atom is -0.457 e. The quantitative estimate of drug-likeness (QED) is 0.782. The monoisotopic (exact) mass is 256 g/mol. The molecule has 0 unspecified atom stereocenters. The maximum Gasteiger partial charge on any atom is 0.132 e. The van der Waals surface area contributed by atoms with E-state index in [1.165, 1.54) is 0 Å². The Morgan fingerprint density at radius 1 is 0.842 bits per heavy atom. The van der Waals surface area contributed by atoms with Gasteiger partial charge in [0.25, 0.3) is 0 Å². The highest BCUT2D eigenvalue weighted by atomic mass is 16.5. The number of benzene rings is 2. The summed E-state index contributed by atoms with van der Waals surface area (Å²) in [6.45, 7) is 6.70. The average molecular weight is 256 g/mol. The van der Waals surface area contributed by atoms with Gasteiger partial charge in [0.15, 0.2) is 0 Å². The fourth-order valence-electron chi connectivity index (χ4n) is 1.63. The lowest BCUT2D eigenvalue weighted by atomic mass is 10.1. The molecule has 0 fully saturated rings. The van der Waals surface area contributed by atoms with Crippen LogP contribution in [0.3, 0.4) is 0 Å². The standard InChI is InChI=1S/C17H20O2/c1-17(2,3)18-13-14-9-7-8-12-16(14)19-15-10-5-4-6-11-15/h4-12H,13H2,1-3H3. The molecule has 0 N–H and O–H groups in total. The van der Waals surface area contributed by atoms with E-state index in [1.807, 2.05) is 75.4 Å². The first-order valence-corrected chi connectivity index (χ1v) is 6.49. The van der Waals surface area contributed by atoms with Gasteiger partial charge in [0, 0.05) is 5.56 Å². The molecule has 19 heavy (non-hydrogen) atoms. The van der Waals surface area contributed by atoms with Crippen molar-refractivity contribution in [2.75, 3.05) is 0 Å². The zero-order chi connectivity index (χ0) is 13.7. The van der Waals surface area contributed by atoms with Crippen LogP contribution in [0.2, 0.25) is 0 Å². The second kappa shape index (κ2) is 5.89. The van der Waals surface area contributed by atoms with Crippen molar-refractivity contribution in [3.05, 3.63) is 60.2 Å². The molecule has 0 saturated carbocycles. The van der Waals surface area contributed by atoms with Crippen molar-refractivity contribution in [1.29, 1.82) is 0 Å². The van der Waals surface area contributed by atoms with Gasteiger partial charge in [0.1, 0.15) is 11.5 Å². The number of ether oxygens (including phenoxy) is 2. The first kappa shape index (κ1) is 13.6. The molecule has 0 aliphatic carbocycles. The molecule has 2 nitrogen and oxygen atoms in total. The maximum absolute atomic E-state index is 5.89. The lowest BCUT2D eigenvalue weighted by molar-refractivity contribution is -0.0155. The van der Waals surface area contributed by atoms with E-state index in [-0.39, 0.29) is 5.60 Å². The summed E-state index contributed by atoms with van der Waals surface area (Å²) in [5.74, 6) is 1.68. The van der Waals surface area contributed by atoms with Gasteiger partial charge in [-0.2, -0.15) is 0 Å². The molecule has 0 aliphatic heterocycles. The third-order valence-electron chi connectivity index (χ3n) is 2.60. The summed E-state index contributed by atoms with van der Waals surface area (Å²) in [5, 5.41) is 0. The van der Waals surface area contributed by atoms with Gasteiger partial charge in [-0.25, -0.2) is 0 Å². The van der Waals surface area contributed by atoms with Crippen molar-refractivity contribution < 1.29 is 9.47 Å². The maximum atomic E-state index is 5.89. The minimum absolute atomic E-state index is 0.153. The number of hydrogen-bond donors (Lipinski definition) is 0. The summed E-state index contributed by atoms with van der Waals surface area (Å²) in [5.41, 5.74) is 0.904. The molecule has 100 valence electrons. The Labute approximate surface area is 115 Å². The van der Waals surface area contributed by atoms with Crippen molar-refractivity contribution >= 4 is 0 Å². The third kappa shape index (κ3) is 4.42. The van der Waals surface area contributed by atoms with Gasteiger partial charge < -0.3 is 9.47 Å². The fraction of sp³-hybridized carbons (Fsp3) is 0.294. The van der Waals surface area contributed by atoms with Gasteiger partial charge in [0.05, 0.1) is 12.2 Å². The molecule has 0 aliphatic rings. The van der Waals surface area contributed by atoms with E-state index in [0.717, 1.165) is 17.1 Å². The number of para-hydroxylation sites is 2. The van der Waals surface area contributed by atoms with E-state index in [2.05, 4.69) is 0 Å². The van der Waals surface area contributed by atoms with Crippen LogP contribution in [0.4, 0.5) is 0 Å². The van der Waals surface area contributed by atoms with Crippen LogP contribution in [0.1, 0.15) is 26.3 Å². The van der Waals surface area contributed by atoms with E-state index < -0.39 is 0 Å². The van der Waals surface area contributed by atoms with Crippen LogP contribution in [0.15, 0.2) is 54.6 Å². The van der Waals surface area contributed by atoms with Crippen LogP contribution in [0.25, 0.3) is 0 Å². The minimum atomic E-state index is -0.153. The van der Waals surface area contributed by atoms with E-state index in [4.69, 9.17) is 9.47 Å². The second-order valence-electron chi connectivity index (χ2n) is 5.42. The lowest BCUT2D eigenvalue weighted by Gasteiger charge is -2.20. The molecule has 0 bridgehead atoms. The smallest absolute Gasteiger partial charge is 0.132 e. The Morgan fingerprint density at radius 2 is 1.47 bits per heavy atom. The van der Waals surface area contributed by atoms with Crippen LogP contribution < -0.4 is 4.74 Å². The molecule has 0 aromatic heterocycles. The van der Waals surface area contributed by atoms with Crippen LogP contribution in [0.5, 0.6) is 11.5 Å². The Hall–Kier alpha value is -1.80. The van der Waals surface area contributed by atoms with E-state index in [1.54, 1.807) is 0 Å².